The molecule has 0 aliphatic heterocycles. The van der Waals surface area contributed by atoms with Crippen molar-refractivity contribution in [3.63, 3.8) is 0 Å². The Morgan fingerprint density at radius 2 is 1.29 bits per heavy atom. The summed E-state index contributed by atoms with van der Waals surface area (Å²) in [4.78, 5) is 34.0. The Morgan fingerprint density at radius 1 is 0.796 bits per heavy atom. The van der Waals surface area contributed by atoms with E-state index in [1.165, 1.54) is 23.9 Å². The van der Waals surface area contributed by atoms with E-state index in [9.17, 15) is 9.59 Å². The standard InChI is InChI=1S/C12H10BrClN2OS.C7H5Br2Cl.C7H6BrCl.C5H6N2OS.BHNS/c1-7-4-11(17)16-12(15-7)18-6-8-5-9(13)2-3-10(8)14;8-4-5-3-6(9)1-2-7(5)10;1-5-4-6(8)2-3-7(5)9;1-3-2-4(8)7-5(9)6-3;1-2-3/h2-5H,6H2,1H3,(H,15,16,17);1-3H,4H2;2-4H,1H3;2H,1H3,(H2,6,7,8,9);3H. The molecule has 7 nitrogen and oxygen atoms in total. The Balaban J connectivity index is 0.000000334. The van der Waals surface area contributed by atoms with Crippen molar-refractivity contribution in [3.05, 3.63) is 149 Å². The average molecular weight is 1040 g/mol. The van der Waals surface area contributed by atoms with Crippen LogP contribution in [0.1, 0.15) is 28.1 Å². The fourth-order valence-electron chi connectivity index (χ4n) is 3.26. The van der Waals surface area contributed by atoms with Crippen LogP contribution in [-0.2, 0) is 11.1 Å². The van der Waals surface area contributed by atoms with E-state index < -0.39 is 0 Å². The Kier molecular flexibility index (Phi) is 23.5. The quantitative estimate of drug-likeness (QED) is 0.0358. The first-order valence-corrected chi connectivity index (χ1v) is 19.9. The third kappa shape index (κ3) is 20.0. The molecule has 0 atom stereocenters. The SMILES string of the molecule is Cc1cc(=O)[nH]c(=S)[nH]1.Cc1cc(=O)[nH]c(SCc2cc(Br)ccc2Cl)n1.Cc1cc(Br)ccc1Cl.Clc1ccc(Br)cc1CBr.[B]=NS. The van der Waals surface area contributed by atoms with Gasteiger partial charge >= 0.3 is 24.8 Å². The van der Waals surface area contributed by atoms with E-state index in [-0.39, 0.29) is 11.1 Å². The third-order valence-corrected chi connectivity index (χ3v) is 9.76. The molecule has 0 saturated carbocycles. The van der Waals surface area contributed by atoms with Crippen LogP contribution in [0.25, 0.3) is 0 Å². The molecule has 18 heteroatoms. The molecule has 2 aromatic heterocycles. The minimum atomic E-state index is -0.156. The van der Waals surface area contributed by atoms with Crippen molar-refractivity contribution in [2.45, 2.75) is 37.0 Å². The summed E-state index contributed by atoms with van der Waals surface area (Å²) in [6, 6.07) is 20.2. The van der Waals surface area contributed by atoms with Crippen molar-refractivity contribution in [1.29, 1.82) is 0 Å². The Hall–Kier alpha value is -1.01. The van der Waals surface area contributed by atoms with Gasteiger partial charge in [0.05, 0.1) is 0 Å². The molecule has 0 saturated heterocycles. The summed E-state index contributed by atoms with van der Waals surface area (Å²) < 4.78 is 6.18. The summed E-state index contributed by atoms with van der Waals surface area (Å²) in [6.07, 6.45) is 0. The van der Waals surface area contributed by atoms with E-state index in [0.29, 0.717) is 26.4 Å². The molecular formula is C31H28BBr4Cl3N5O2S3. The molecule has 3 aromatic carbocycles. The number of aromatic amines is 3. The van der Waals surface area contributed by atoms with Crippen LogP contribution in [0.4, 0.5) is 0 Å². The van der Waals surface area contributed by atoms with Gasteiger partial charge in [0.25, 0.3) is 11.1 Å². The summed E-state index contributed by atoms with van der Waals surface area (Å²) in [5, 5.41) is 3.74. The zero-order chi connectivity index (χ0) is 37.1. The molecule has 3 N–H and O–H groups in total. The molecule has 2 heterocycles. The number of rotatable bonds is 4. The van der Waals surface area contributed by atoms with Crippen LogP contribution in [-0.4, -0.2) is 27.6 Å². The van der Waals surface area contributed by atoms with Gasteiger partial charge in [-0.2, -0.15) is 0 Å². The second-order valence-corrected chi connectivity index (χ2v) is 15.5. The van der Waals surface area contributed by atoms with Crippen LogP contribution in [0.15, 0.2) is 99.2 Å². The number of thioether (sulfide) groups is 1. The van der Waals surface area contributed by atoms with Crippen LogP contribution in [0.3, 0.4) is 0 Å². The Labute approximate surface area is 349 Å². The molecule has 259 valence electrons. The monoisotopic (exact) mass is 1030 g/mol. The first-order chi connectivity index (χ1) is 23.1. The molecule has 0 fully saturated rings. The molecule has 5 aromatic rings. The molecule has 1 radical (unpaired) electrons. The number of nitrogens with one attached hydrogen (secondary N) is 3. The Bertz CT molecular complexity index is 1970. The van der Waals surface area contributed by atoms with E-state index in [1.54, 1.807) is 13.8 Å². The van der Waals surface area contributed by atoms with Crippen molar-refractivity contribution in [2.75, 3.05) is 0 Å². The van der Waals surface area contributed by atoms with E-state index in [1.807, 2.05) is 61.5 Å². The zero-order valence-electron chi connectivity index (χ0n) is 26.0. The van der Waals surface area contributed by atoms with Crippen molar-refractivity contribution in [1.82, 2.24) is 19.9 Å². The molecule has 0 unspecified atom stereocenters. The number of halogens is 7. The first-order valence-electron chi connectivity index (χ1n) is 13.5. The van der Waals surface area contributed by atoms with Crippen molar-refractivity contribution in [2.24, 2.45) is 4.30 Å². The van der Waals surface area contributed by atoms with E-state index in [4.69, 9.17) is 34.8 Å². The van der Waals surface area contributed by atoms with Gasteiger partial charge in [-0.25, -0.2) is 4.98 Å². The van der Waals surface area contributed by atoms with Crippen LogP contribution in [0.5, 0.6) is 0 Å². The number of thiol groups is 1. The van der Waals surface area contributed by atoms with Gasteiger partial charge in [-0.3, -0.25) is 14.6 Å². The Morgan fingerprint density at radius 3 is 1.73 bits per heavy atom. The molecule has 49 heavy (non-hydrogen) atoms. The van der Waals surface area contributed by atoms with Gasteiger partial charge in [-0.05, 0) is 104 Å². The number of aryl methyl sites for hydroxylation is 3. The number of nitrogens with zero attached hydrogens (tertiary/aromatic N) is 2. The number of H-pyrrole nitrogens is 3. The third-order valence-electron chi connectivity index (χ3n) is 5.39. The fraction of sp³-hybridized carbons (Fsp3) is 0.161. The summed E-state index contributed by atoms with van der Waals surface area (Å²) in [7, 11) is 4.34. The molecule has 0 spiro atoms. The second kappa shape index (κ2) is 25.1. The predicted molar refractivity (Wildman–Crippen MR) is 228 cm³/mol. The summed E-state index contributed by atoms with van der Waals surface area (Å²) in [5.74, 6) is 0.657. The van der Waals surface area contributed by atoms with Gasteiger partial charge in [0, 0.05) is 63.1 Å². The van der Waals surface area contributed by atoms with Gasteiger partial charge in [0.2, 0.25) is 0 Å². The maximum atomic E-state index is 11.3. The van der Waals surface area contributed by atoms with E-state index in [0.717, 1.165) is 51.2 Å². The normalized spacial score (nSPS) is 9.67. The van der Waals surface area contributed by atoms with Crippen LogP contribution in [0.2, 0.25) is 15.1 Å². The molecular weight excluding hydrogens is 1010 g/mol. The molecule has 0 aliphatic carbocycles. The van der Waals surface area contributed by atoms with E-state index in [2.05, 4.69) is 121 Å². The van der Waals surface area contributed by atoms with Gasteiger partial charge in [-0.15, -0.1) is 0 Å². The molecule has 5 rings (SSSR count). The average Bonchev–Trinajstić information content (AvgIpc) is 3.01. The number of alkyl halides is 1. The number of aromatic nitrogens is 4. The molecule has 0 aliphatic rings. The maximum absolute atomic E-state index is 11.3. The molecule has 0 bridgehead atoms. The zero-order valence-corrected chi connectivity index (χ0v) is 37.1. The minimum absolute atomic E-state index is 0.134. The fourth-order valence-corrected chi connectivity index (χ4v) is 6.92. The second-order valence-electron chi connectivity index (χ2n) is 9.37. The topological polar surface area (TPSA) is 107 Å². The van der Waals surface area contributed by atoms with Gasteiger partial charge in [0.15, 0.2) is 9.93 Å². The summed E-state index contributed by atoms with van der Waals surface area (Å²) in [5.41, 5.74) is 4.41. The van der Waals surface area contributed by atoms with Crippen molar-refractivity contribution < 1.29 is 0 Å². The summed E-state index contributed by atoms with van der Waals surface area (Å²) in [6.45, 7) is 5.56. The van der Waals surface area contributed by atoms with Crippen LogP contribution >= 0.6 is 135 Å². The number of hydrogen-bond acceptors (Lipinski definition) is 7. The number of hydrogen-bond donors (Lipinski definition) is 4. The number of benzene rings is 3. The van der Waals surface area contributed by atoms with Crippen LogP contribution in [0, 0.1) is 25.5 Å². The predicted octanol–water partition coefficient (Wildman–Crippen LogP) is 12.1. The van der Waals surface area contributed by atoms with Gasteiger partial charge < -0.3 is 9.97 Å². The van der Waals surface area contributed by atoms with Crippen LogP contribution < -0.4 is 11.1 Å². The van der Waals surface area contributed by atoms with Gasteiger partial charge in [-0.1, -0.05) is 110 Å². The summed E-state index contributed by atoms with van der Waals surface area (Å²) >= 11 is 40.5. The first kappa shape index (κ1) is 46.0. The van der Waals surface area contributed by atoms with Crippen molar-refractivity contribution >= 4 is 143 Å². The van der Waals surface area contributed by atoms with Gasteiger partial charge in [0.1, 0.15) is 0 Å². The molecule has 0 amide bonds. The van der Waals surface area contributed by atoms with E-state index >= 15 is 0 Å². The van der Waals surface area contributed by atoms with Crippen molar-refractivity contribution in [3.8, 4) is 0 Å².